The lowest BCUT2D eigenvalue weighted by molar-refractivity contribution is -0.113. The second kappa shape index (κ2) is 6.19. The predicted molar refractivity (Wildman–Crippen MR) is 90.9 cm³/mol. The Morgan fingerprint density at radius 3 is 2.91 bits per heavy atom. The molecule has 3 heterocycles. The number of rotatable bonds is 4. The first-order chi connectivity index (χ1) is 11.0. The molecule has 1 aliphatic heterocycles. The van der Waals surface area contributed by atoms with Crippen LogP contribution in [0, 0.1) is 13.8 Å². The number of anilines is 2. The standard InChI is InChI=1S/C15H20N6OS/c1-8(5-11-9(2)20-21(4)10(11)3)18-14-13-15(17-7-16-14)23-6-12(22)19-13/h7-8H,5-6H2,1-4H3,(H,19,22)(H,16,17,18). The van der Waals surface area contributed by atoms with E-state index in [4.69, 9.17) is 0 Å². The summed E-state index contributed by atoms with van der Waals surface area (Å²) in [6.45, 7) is 6.20. The van der Waals surface area contributed by atoms with Crippen LogP contribution in [-0.2, 0) is 18.3 Å². The minimum Gasteiger partial charge on any atom is -0.365 e. The number of nitrogens with zero attached hydrogens (tertiary/aromatic N) is 4. The molecule has 122 valence electrons. The van der Waals surface area contributed by atoms with E-state index in [2.05, 4.69) is 39.5 Å². The monoisotopic (exact) mass is 332 g/mol. The molecule has 23 heavy (non-hydrogen) atoms. The van der Waals surface area contributed by atoms with Crippen LogP contribution in [0.15, 0.2) is 11.4 Å². The molecule has 1 atom stereocenters. The van der Waals surface area contributed by atoms with Crippen LogP contribution in [0.2, 0.25) is 0 Å². The third-order valence-corrected chi connectivity index (χ3v) is 4.96. The van der Waals surface area contributed by atoms with Gasteiger partial charge in [-0.05, 0) is 32.8 Å². The normalized spacial score (nSPS) is 15.0. The fourth-order valence-corrected chi connectivity index (χ4v) is 3.47. The Morgan fingerprint density at radius 1 is 1.43 bits per heavy atom. The lowest BCUT2D eigenvalue weighted by Crippen LogP contribution is -2.25. The molecular weight excluding hydrogens is 312 g/mol. The number of carbonyl (C=O) groups is 1. The molecule has 0 aromatic carbocycles. The van der Waals surface area contributed by atoms with Gasteiger partial charge in [0, 0.05) is 18.8 Å². The molecule has 2 N–H and O–H groups in total. The van der Waals surface area contributed by atoms with Gasteiger partial charge in [-0.3, -0.25) is 9.48 Å². The van der Waals surface area contributed by atoms with Gasteiger partial charge >= 0.3 is 0 Å². The molecule has 1 aliphatic rings. The fourth-order valence-electron chi connectivity index (χ4n) is 2.71. The lowest BCUT2D eigenvalue weighted by atomic mass is 10.1. The molecule has 0 spiro atoms. The van der Waals surface area contributed by atoms with Crippen molar-refractivity contribution in [1.82, 2.24) is 19.7 Å². The highest BCUT2D eigenvalue weighted by atomic mass is 32.2. The van der Waals surface area contributed by atoms with Crippen molar-refractivity contribution in [2.45, 2.75) is 38.3 Å². The van der Waals surface area contributed by atoms with Crippen LogP contribution in [-0.4, -0.2) is 37.5 Å². The van der Waals surface area contributed by atoms with Gasteiger partial charge in [-0.25, -0.2) is 9.97 Å². The third-order valence-electron chi connectivity index (χ3n) is 3.97. The van der Waals surface area contributed by atoms with Gasteiger partial charge < -0.3 is 10.6 Å². The first-order valence-corrected chi connectivity index (χ1v) is 8.47. The van der Waals surface area contributed by atoms with Gasteiger partial charge in [0.15, 0.2) is 5.82 Å². The van der Waals surface area contributed by atoms with Crippen LogP contribution >= 0.6 is 11.8 Å². The smallest absolute Gasteiger partial charge is 0.234 e. The van der Waals surface area contributed by atoms with Gasteiger partial charge in [-0.2, -0.15) is 5.10 Å². The molecule has 8 heteroatoms. The van der Waals surface area contributed by atoms with Gasteiger partial charge in [0.1, 0.15) is 17.0 Å². The molecule has 3 rings (SSSR count). The van der Waals surface area contributed by atoms with Crippen LogP contribution in [0.4, 0.5) is 11.5 Å². The molecule has 2 aromatic rings. The molecule has 0 bridgehead atoms. The highest BCUT2D eigenvalue weighted by Gasteiger charge is 2.22. The predicted octanol–water partition coefficient (Wildman–Crippen LogP) is 1.91. The van der Waals surface area contributed by atoms with Crippen molar-refractivity contribution in [3.8, 4) is 0 Å². The number of aryl methyl sites for hydroxylation is 2. The maximum absolute atomic E-state index is 11.6. The van der Waals surface area contributed by atoms with E-state index in [1.807, 2.05) is 18.7 Å². The lowest BCUT2D eigenvalue weighted by Gasteiger charge is -2.21. The van der Waals surface area contributed by atoms with Crippen molar-refractivity contribution in [3.63, 3.8) is 0 Å². The molecule has 7 nitrogen and oxygen atoms in total. The third kappa shape index (κ3) is 3.17. The fraction of sp³-hybridized carbons (Fsp3) is 0.467. The Kier molecular flexibility index (Phi) is 4.25. The van der Waals surface area contributed by atoms with Gasteiger partial charge in [0.05, 0.1) is 11.4 Å². The van der Waals surface area contributed by atoms with Crippen molar-refractivity contribution in [2.75, 3.05) is 16.4 Å². The maximum atomic E-state index is 11.6. The summed E-state index contributed by atoms with van der Waals surface area (Å²) in [7, 11) is 1.96. The average molecular weight is 332 g/mol. The number of thioether (sulfide) groups is 1. The zero-order chi connectivity index (χ0) is 16.6. The summed E-state index contributed by atoms with van der Waals surface area (Å²) in [6, 6.07) is 0.152. The summed E-state index contributed by atoms with van der Waals surface area (Å²) in [6.07, 6.45) is 2.37. The minimum atomic E-state index is -0.0213. The number of carbonyl (C=O) groups excluding carboxylic acids is 1. The van der Waals surface area contributed by atoms with E-state index in [1.54, 1.807) is 0 Å². The molecule has 0 saturated heterocycles. The first kappa shape index (κ1) is 15.8. The van der Waals surface area contributed by atoms with Gasteiger partial charge in [-0.1, -0.05) is 11.8 Å². The van der Waals surface area contributed by atoms with Crippen molar-refractivity contribution in [2.24, 2.45) is 7.05 Å². The molecule has 0 fully saturated rings. The Labute approximate surface area is 139 Å². The SMILES string of the molecule is Cc1nn(C)c(C)c1CC(C)Nc1ncnc2c1NC(=O)CS2. The summed E-state index contributed by atoms with van der Waals surface area (Å²) in [5, 5.41) is 11.5. The van der Waals surface area contributed by atoms with Crippen LogP contribution in [0.5, 0.6) is 0 Å². The largest absolute Gasteiger partial charge is 0.365 e. The minimum absolute atomic E-state index is 0.0213. The number of fused-ring (bicyclic) bond motifs is 1. The quantitative estimate of drug-likeness (QED) is 0.832. The maximum Gasteiger partial charge on any atom is 0.234 e. The second-order valence-electron chi connectivity index (χ2n) is 5.76. The van der Waals surface area contributed by atoms with Crippen molar-refractivity contribution < 1.29 is 4.79 Å². The van der Waals surface area contributed by atoms with Crippen molar-refractivity contribution in [1.29, 1.82) is 0 Å². The van der Waals surface area contributed by atoms with Gasteiger partial charge in [0.25, 0.3) is 0 Å². The zero-order valence-corrected chi connectivity index (χ0v) is 14.5. The van der Waals surface area contributed by atoms with Crippen LogP contribution in [0.3, 0.4) is 0 Å². The van der Waals surface area contributed by atoms with Crippen LogP contribution < -0.4 is 10.6 Å². The Bertz CT molecular complexity index is 757. The first-order valence-electron chi connectivity index (χ1n) is 7.49. The summed E-state index contributed by atoms with van der Waals surface area (Å²) in [5.74, 6) is 1.04. The van der Waals surface area contributed by atoms with Crippen molar-refractivity contribution in [3.05, 3.63) is 23.3 Å². The Hall–Kier alpha value is -2.09. The van der Waals surface area contributed by atoms with Crippen LogP contribution in [0.1, 0.15) is 23.9 Å². The highest BCUT2D eigenvalue weighted by molar-refractivity contribution is 8.00. The van der Waals surface area contributed by atoms with E-state index in [0.717, 1.165) is 17.1 Å². The summed E-state index contributed by atoms with van der Waals surface area (Å²) in [5.41, 5.74) is 4.14. The Morgan fingerprint density at radius 2 is 2.22 bits per heavy atom. The van der Waals surface area contributed by atoms with Crippen LogP contribution in [0.25, 0.3) is 0 Å². The topological polar surface area (TPSA) is 84.7 Å². The molecule has 2 aromatic heterocycles. The summed E-state index contributed by atoms with van der Waals surface area (Å²) in [4.78, 5) is 20.1. The number of hydrogen-bond acceptors (Lipinski definition) is 6. The zero-order valence-electron chi connectivity index (χ0n) is 13.7. The molecule has 0 radical (unpaired) electrons. The second-order valence-corrected chi connectivity index (χ2v) is 6.73. The van der Waals surface area contributed by atoms with Gasteiger partial charge in [-0.15, -0.1) is 0 Å². The summed E-state index contributed by atoms with van der Waals surface area (Å²) >= 11 is 1.43. The molecule has 0 aliphatic carbocycles. The number of amides is 1. The van der Waals surface area contributed by atoms with E-state index in [9.17, 15) is 4.79 Å². The number of aromatic nitrogens is 4. The van der Waals surface area contributed by atoms with E-state index >= 15 is 0 Å². The van der Waals surface area contributed by atoms with Crippen molar-refractivity contribution >= 4 is 29.2 Å². The number of hydrogen-bond donors (Lipinski definition) is 2. The average Bonchev–Trinajstić information content (AvgIpc) is 2.74. The molecule has 0 saturated carbocycles. The van der Waals surface area contributed by atoms with E-state index < -0.39 is 0 Å². The van der Waals surface area contributed by atoms with Gasteiger partial charge in [0.2, 0.25) is 5.91 Å². The molecular formula is C15H20N6OS. The van der Waals surface area contributed by atoms with E-state index in [0.29, 0.717) is 17.3 Å². The highest BCUT2D eigenvalue weighted by Crippen LogP contribution is 2.34. The molecule has 1 unspecified atom stereocenters. The summed E-state index contributed by atoms with van der Waals surface area (Å²) < 4.78 is 1.90. The molecule has 1 amide bonds. The number of nitrogens with one attached hydrogen (secondary N) is 2. The van der Waals surface area contributed by atoms with E-state index in [-0.39, 0.29) is 11.9 Å². The van der Waals surface area contributed by atoms with E-state index in [1.165, 1.54) is 29.3 Å². The Balaban J connectivity index is 1.78.